The molecule has 2 amide bonds. The molecule has 2 saturated heterocycles. The minimum Gasteiger partial charge on any atom is -0.378 e. The van der Waals surface area contributed by atoms with Crippen LogP contribution in [0.5, 0.6) is 0 Å². The molecule has 3 aliphatic rings. The van der Waals surface area contributed by atoms with Crippen LogP contribution >= 0.6 is 0 Å². The molecule has 1 aromatic rings. The molecular formula is C21H29N3O3. The number of amides is 2. The van der Waals surface area contributed by atoms with Crippen LogP contribution in [0.2, 0.25) is 0 Å². The van der Waals surface area contributed by atoms with E-state index in [1.807, 2.05) is 29.2 Å². The number of hydrogen-bond donors (Lipinski definition) is 1. The minimum atomic E-state index is -0.849. The number of carbonyl (C=O) groups is 2. The summed E-state index contributed by atoms with van der Waals surface area (Å²) in [6, 6.07) is 7.85. The van der Waals surface area contributed by atoms with E-state index in [0.29, 0.717) is 32.0 Å². The van der Waals surface area contributed by atoms with Gasteiger partial charge in [-0.25, -0.2) is 0 Å². The van der Waals surface area contributed by atoms with Crippen molar-refractivity contribution in [3.8, 4) is 0 Å². The molecule has 1 aliphatic carbocycles. The Labute approximate surface area is 160 Å². The van der Waals surface area contributed by atoms with Gasteiger partial charge in [0.1, 0.15) is 5.41 Å². The fraction of sp³-hybridized carbons (Fsp3) is 0.619. The minimum absolute atomic E-state index is 0.0238. The summed E-state index contributed by atoms with van der Waals surface area (Å²) in [5.41, 5.74) is 0.943. The van der Waals surface area contributed by atoms with E-state index in [4.69, 9.17) is 4.74 Å². The Morgan fingerprint density at radius 3 is 2.41 bits per heavy atom. The molecule has 4 rings (SSSR count). The molecule has 6 heteroatoms. The highest BCUT2D eigenvalue weighted by molar-refractivity contribution is 6.13. The van der Waals surface area contributed by atoms with Crippen molar-refractivity contribution < 1.29 is 14.3 Å². The van der Waals surface area contributed by atoms with Crippen LogP contribution in [-0.4, -0.2) is 56.1 Å². The molecule has 2 aliphatic heterocycles. The van der Waals surface area contributed by atoms with E-state index in [1.54, 1.807) is 0 Å². The van der Waals surface area contributed by atoms with E-state index >= 15 is 0 Å². The fourth-order valence-electron chi connectivity index (χ4n) is 4.08. The molecule has 2 heterocycles. The van der Waals surface area contributed by atoms with Crippen LogP contribution in [0.4, 0.5) is 11.4 Å². The number of para-hydroxylation sites is 2. The average Bonchev–Trinajstić information content (AvgIpc) is 3.51. The third-order valence-corrected chi connectivity index (χ3v) is 6.17. The summed E-state index contributed by atoms with van der Waals surface area (Å²) >= 11 is 0. The third-order valence-electron chi connectivity index (χ3n) is 6.17. The summed E-state index contributed by atoms with van der Waals surface area (Å²) in [4.78, 5) is 30.3. The van der Waals surface area contributed by atoms with Gasteiger partial charge >= 0.3 is 0 Å². The van der Waals surface area contributed by atoms with Gasteiger partial charge in [0.05, 0.1) is 24.6 Å². The van der Waals surface area contributed by atoms with Gasteiger partial charge in [-0.15, -0.1) is 0 Å². The van der Waals surface area contributed by atoms with Crippen LogP contribution in [-0.2, 0) is 14.3 Å². The second kappa shape index (κ2) is 7.50. The molecule has 146 valence electrons. The van der Waals surface area contributed by atoms with Crippen LogP contribution < -0.4 is 10.2 Å². The molecule has 0 unspecified atom stereocenters. The Kier molecular flexibility index (Phi) is 5.08. The zero-order valence-corrected chi connectivity index (χ0v) is 16.1. The summed E-state index contributed by atoms with van der Waals surface area (Å²) in [6.07, 6.45) is 3.37. The summed E-state index contributed by atoms with van der Waals surface area (Å²) in [7, 11) is 0. The maximum absolute atomic E-state index is 13.1. The first-order valence-corrected chi connectivity index (χ1v) is 10.1. The molecule has 1 saturated carbocycles. The number of nitrogens with zero attached hydrogens (tertiary/aromatic N) is 2. The lowest BCUT2D eigenvalue weighted by molar-refractivity contribution is -0.143. The topological polar surface area (TPSA) is 61.9 Å². The van der Waals surface area contributed by atoms with Gasteiger partial charge < -0.3 is 19.9 Å². The molecule has 1 N–H and O–H groups in total. The van der Waals surface area contributed by atoms with E-state index in [9.17, 15) is 9.59 Å². The number of hydrogen-bond acceptors (Lipinski definition) is 4. The maximum Gasteiger partial charge on any atom is 0.240 e. The molecule has 0 radical (unpaired) electrons. The monoisotopic (exact) mass is 371 g/mol. The first-order valence-electron chi connectivity index (χ1n) is 10.1. The van der Waals surface area contributed by atoms with Crippen LogP contribution in [0.1, 0.15) is 32.6 Å². The van der Waals surface area contributed by atoms with Crippen molar-refractivity contribution in [1.82, 2.24) is 4.90 Å². The van der Waals surface area contributed by atoms with Crippen molar-refractivity contribution in [2.75, 3.05) is 49.6 Å². The van der Waals surface area contributed by atoms with Gasteiger partial charge in [-0.05, 0) is 43.7 Å². The van der Waals surface area contributed by atoms with Gasteiger partial charge in [0, 0.05) is 26.2 Å². The lowest BCUT2D eigenvalue weighted by Gasteiger charge is -2.33. The molecule has 0 spiro atoms. The van der Waals surface area contributed by atoms with E-state index in [0.717, 1.165) is 50.4 Å². The highest BCUT2D eigenvalue weighted by Crippen LogP contribution is 2.49. The predicted molar refractivity (Wildman–Crippen MR) is 105 cm³/mol. The van der Waals surface area contributed by atoms with E-state index in [2.05, 4.69) is 17.1 Å². The number of rotatable bonds is 4. The van der Waals surface area contributed by atoms with Crippen molar-refractivity contribution >= 4 is 23.2 Å². The number of anilines is 2. The standard InChI is InChI=1S/C21H29N3O3/c1-16-6-10-24(11-7-16)20(26)21(8-9-21)19(25)22-17-4-2-3-5-18(17)23-12-14-27-15-13-23/h2-5,16H,6-15H2,1H3,(H,22,25). The number of nitrogens with one attached hydrogen (secondary N) is 1. The second-order valence-electron chi connectivity index (χ2n) is 8.13. The lowest BCUT2D eigenvalue weighted by atomic mass is 9.96. The van der Waals surface area contributed by atoms with Crippen molar-refractivity contribution in [1.29, 1.82) is 0 Å². The van der Waals surface area contributed by atoms with E-state index in [-0.39, 0.29) is 11.8 Å². The molecule has 0 bridgehead atoms. The van der Waals surface area contributed by atoms with Crippen LogP contribution in [0.15, 0.2) is 24.3 Å². The summed E-state index contributed by atoms with van der Waals surface area (Å²) in [5, 5.41) is 3.07. The molecule has 3 fully saturated rings. The first kappa shape index (κ1) is 18.3. The highest BCUT2D eigenvalue weighted by atomic mass is 16.5. The van der Waals surface area contributed by atoms with Gasteiger partial charge in [-0.2, -0.15) is 0 Å². The third kappa shape index (κ3) is 3.68. The van der Waals surface area contributed by atoms with Crippen LogP contribution in [0.3, 0.4) is 0 Å². The number of benzene rings is 1. The van der Waals surface area contributed by atoms with E-state index in [1.165, 1.54) is 0 Å². The highest BCUT2D eigenvalue weighted by Gasteiger charge is 2.58. The zero-order chi connectivity index (χ0) is 18.9. The van der Waals surface area contributed by atoms with Crippen molar-refractivity contribution in [2.45, 2.75) is 32.6 Å². The summed E-state index contributed by atoms with van der Waals surface area (Å²) in [6.45, 7) is 6.78. The number of ether oxygens (including phenoxy) is 1. The first-order chi connectivity index (χ1) is 13.1. The average molecular weight is 371 g/mol. The molecule has 27 heavy (non-hydrogen) atoms. The Balaban J connectivity index is 1.47. The molecular weight excluding hydrogens is 342 g/mol. The Hall–Kier alpha value is -2.08. The smallest absolute Gasteiger partial charge is 0.240 e. The van der Waals surface area contributed by atoms with Crippen LogP contribution in [0, 0.1) is 11.3 Å². The number of carbonyl (C=O) groups excluding carboxylic acids is 2. The van der Waals surface area contributed by atoms with Gasteiger partial charge in [-0.1, -0.05) is 19.1 Å². The normalized spacial score (nSPS) is 22.4. The number of piperidine rings is 1. The van der Waals surface area contributed by atoms with E-state index < -0.39 is 5.41 Å². The Bertz CT molecular complexity index is 702. The molecule has 1 aromatic carbocycles. The predicted octanol–water partition coefficient (Wildman–Crippen LogP) is 2.50. The molecule has 0 atom stereocenters. The zero-order valence-electron chi connectivity index (χ0n) is 16.1. The molecule has 0 aromatic heterocycles. The van der Waals surface area contributed by atoms with Gasteiger partial charge in [-0.3, -0.25) is 9.59 Å². The number of morpholine rings is 1. The van der Waals surface area contributed by atoms with Gasteiger partial charge in [0.25, 0.3) is 0 Å². The Morgan fingerprint density at radius 1 is 1.07 bits per heavy atom. The van der Waals surface area contributed by atoms with Crippen molar-refractivity contribution in [3.05, 3.63) is 24.3 Å². The maximum atomic E-state index is 13.1. The lowest BCUT2D eigenvalue weighted by Crippen LogP contribution is -2.46. The largest absolute Gasteiger partial charge is 0.378 e. The number of likely N-dealkylation sites (tertiary alicyclic amines) is 1. The van der Waals surface area contributed by atoms with Crippen molar-refractivity contribution in [3.63, 3.8) is 0 Å². The summed E-state index contributed by atoms with van der Waals surface area (Å²) in [5.74, 6) is 0.543. The van der Waals surface area contributed by atoms with Crippen LogP contribution in [0.25, 0.3) is 0 Å². The summed E-state index contributed by atoms with van der Waals surface area (Å²) < 4.78 is 5.43. The SMILES string of the molecule is CC1CCN(C(=O)C2(C(=O)Nc3ccccc3N3CCOCC3)CC2)CC1. The van der Waals surface area contributed by atoms with Gasteiger partial charge in [0.2, 0.25) is 11.8 Å². The van der Waals surface area contributed by atoms with Gasteiger partial charge in [0.15, 0.2) is 0 Å². The second-order valence-corrected chi connectivity index (χ2v) is 8.13. The quantitative estimate of drug-likeness (QED) is 0.826. The Morgan fingerprint density at radius 2 is 1.74 bits per heavy atom. The van der Waals surface area contributed by atoms with Crippen molar-refractivity contribution in [2.24, 2.45) is 11.3 Å². The fourth-order valence-corrected chi connectivity index (χ4v) is 4.08. The molecule has 6 nitrogen and oxygen atoms in total.